The molecule has 3 heterocycles. The highest BCUT2D eigenvalue weighted by Gasteiger charge is 2.38. The molecule has 2 aliphatic heterocycles. The standard InChI is InChI=1S/C17H26N2OS/c1-2-17(20)19-11-4-8-16(19)15-7-3-10-18(15)12-9-14-6-5-13-21-14/h5-6,13,15-16H,2-4,7-12H2,1H3/t15-,16-/m0/s1. The molecule has 2 aliphatic rings. The van der Waals surface area contributed by atoms with Crippen LogP contribution in [0.3, 0.4) is 0 Å². The van der Waals surface area contributed by atoms with Gasteiger partial charge in [0.25, 0.3) is 0 Å². The van der Waals surface area contributed by atoms with Crippen LogP contribution in [-0.2, 0) is 11.2 Å². The fourth-order valence-corrected chi connectivity index (χ4v) is 4.68. The smallest absolute Gasteiger partial charge is 0.222 e. The third-order valence-corrected chi connectivity index (χ3v) is 5.94. The zero-order valence-electron chi connectivity index (χ0n) is 13.0. The lowest BCUT2D eigenvalue weighted by Crippen LogP contribution is -2.48. The van der Waals surface area contributed by atoms with Crippen molar-refractivity contribution in [1.82, 2.24) is 9.80 Å². The van der Waals surface area contributed by atoms with Crippen LogP contribution in [0.4, 0.5) is 0 Å². The minimum atomic E-state index is 0.350. The number of hydrogen-bond acceptors (Lipinski definition) is 3. The highest BCUT2D eigenvalue weighted by Crippen LogP contribution is 2.30. The van der Waals surface area contributed by atoms with E-state index in [0.717, 1.165) is 19.5 Å². The van der Waals surface area contributed by atoms with Crippen molar-refractivity contribution < 1.29 is 4.79 Å². The van der Waals surface area contributed by atoms with E-state index < -0.39 is 0 Å². The summed E-state index contributed by atoms with van der Waals surface area (Å²) in [4.78, 5) is 18.4. The summed E-state index contributed by atoms with van der Waals surface area (Å²) in [6.07, 6.45) is 6.75. The number of thiophene rings is 1. The number of nitrogens with zero attached hydrogens (tertiary/aromatic N) is 2. The minimum Gasteiger partial charge on any atom is -0.338 e. The van der Waals surface area contributed by atoms with Crippen LogP contribution in [-0.4, -0.2) is 47.4 Å². The van der Waals surface area contributed by atoms with Gasteiger partial charge in [0.2, 0.25) is 5.91 Å². The van der Waals surface area contributed by atoms with Gasteiger partial charge < -0.3 is 4.90 Å². The lowest BCUT2D eigenvalue weighted by molar-refractivity contribution is -0.132. The molecule has 3 rings (SSSR count). The Morgan fingerprint density at radius 1 is 1.29 bits per heavy atom. The van der Waals surface area contributed by atoms with Crippen molar-refractivity contribution in [3.8, 4) is 0 Å². The number of carbonyl (C=O) groups is 1. The minimum absolute atomic E-state index is 0.350. The topological polar surface area (TPSA) is 23.6 Å². The number of likely N-dealkylation sites (tertiary alicyclic amines) is 2. The maximum absolute atomic E-state index is 12.1. The van der Waals surface area contributed by atoms with Crippen LogP contribution in [0, 0.1) is 0 Å². The molecule has 0 bridgehead atoms. The molecule has 0 radical (unpaired) electrons. The molecular weight excluding hydrogens is 280 g/mol. The van der Waals surface area contributed by atoms with Crippen molar-refractivity contribution in [1.29, 1.82) is 0 Å². The Bertz CT molecular complexity index is 459. The van der Waals surface area contributed by atoms with Gasteiger partial charge in [-0.3, -0.25) is 9.69 Å². The molecule has 1 amide bonds. The van der Waals surface area contributed by atoms with E-state index in [1.54, 1.807) is 0 Å². The maximum atomic E-state index is 12.1. The highest BCUT2D eigenvalue weighted by atomic mass is 32.1. The quantitative estimate of drug-likeness (QED) is 0.834. The van der Waals surface area contributed by atoms with Gasteiger partial charge in [-0.1, -0.05) is 13.0 Å². The van der Waals surface area contributed by atoms with Crippen molar-refractivity contribution >= 4 is 17.2 Å². The molecule has 0 spiro atoms. The molecular formula is C17H26N2OS. The van der Waals surface area contributed by atoms with Crippen LogP contribution in [0.1, 0.15) is 43.9 Å². The first kappa shape index (κ1) is 15.0. The summed E-state index contributed by atoms with van der Waals surface area (Å²) in [6, 6.07) is 5.45. The van der Waals surface area contributed by atoms with Crippen molar-refractivity contribution in [2.75, 3.05) is 19.6 Å². The van der Waals surface area contributed by atoms with Gasteiger partial charge in [-0.15, -0.1) is 11.3 Å². The summed E-state index contributed by atoms with van der Waals surface area (Å²) in [7, 11) is 0. The van der Waals surface area contributed by atoms with Crippen LogP contribution in [0.2, 0.25) is 0 Å². The third kappa shape index (κ3) is 3.32. The molecule has 0 aliphatic carbocycles. The fourth-order valence-electron chi connectivity index (χ4n) is 3.98. The lowest BCUT2D eigenvalue weighted by atomic mass is 10.0. The van der Waals surface area contributed by atoms with Crippen LogP contribution < -0.4 is 0 Å². The molecule has 116 valence electrons. The normalized spacial score (nSPS) is 26.6. The maximum Gasteiger partial charge on any atom is 0.222 e. The van der Waals surface area contributed by atoms with Crippen molar-refractivity contribution in [3.05, 3.63) is 22.4 Å². The molecule has 1 aromatic rings. The van der Waals surface area contributed by atoms with Crippen molar-refractivity contribution in [2.45, 2.75) is 57.5 Å². The molecule has 2 atom stereocenters. The fraction of sp³-hybridized carbons (Fsp3) is 0.706. The Balaban J connectivity index is 1.61. The predicted octanol–water partition coefficient (Wildman–Crippen LogP) is 3.16. The van der Waals surface area contributed by atoms with Gasteiger partial charge in [0, 0.05) is 36.5 Å². The first-order valence-corrected chi connectivity index (χ1v) is 9.23. The molecule has 2 fully saturated rings. The zero-order chi connectivity index (χ0) is 14.7. The van der Waals surface area contributed by atoms with Gasteiger partial charge in [0.1, 0.15) is 0 Å². The van der Waals surface area contributed by atoms with E-state index in [1.807, 2.05) is 18.3 Å². The molecule has 0 unspecified atom stereocenters. The Morgan fingerprint density at radius 3 is 2.86 bits per heavy atom. The Labute approximate surface area is 131 Å². The van der Waals surface area contributed by atoms with Crippen molar-refractivity contribution in [3.63, 3.8) is 0 Å². The van der Waals surface area contributed by atoms with E-state index in [0.29, 0.717) is 24.4 Å². The molecule has 3 nitrogen and oxygen atoms in total. The van der Waals surface area contributed by atoms with Crippen LogP contribution in [0.15, 0.2) is 17.5 Å². The Kier molecular flexibility index (Phi) is 4.96. The Morgan fingerprint density at radius 2 is 2.10 bits per heavy atom. The van der Waals surface area contributed by atoms with E-state index in [2.05, 4.69) is 27.3 Å². The second kappa shape index (κ2) is 6.93. The first-order chi connectivity index (χ1) is 10.3. The summed E-state index contributed by atoms with van der Waals surface area (Å²) in [6.45, 7) is 5.32. The average Bonchev–Trinajstić information content (AvgIpc) is 3.22. The van der Waals surface area contributed by atoms with Crippen LogP contribution in [0.5, 0.6) is 0 Å². The monoisotopic (exact) mass is 306 g/mol. The average molecular weight is 306 g/mol. The second-order valence-corrected chi connectivity index (χ2v) is 7.26. The SMILES string of the molecule is CCC(=O)N1CCC[C@H]1[C@@H]1CCCN1CCc1cccs1. The van der Waals surface area contributed by atoms with Gasteiger partial charge in [-0.2, -0.15) is 0 Å². The van der Waals surface area contributed by atoms with Crippen LogP contribution in [0.25, 0.3) is 0 Å². The molecule has 21 heavy (non-hydrogen) atoms. The van der Waals surface area contributed by atoms with E-state index in [-0.39, 0.29) is 0 Å². The van der Waals surface area contributed by atoms with Gasteiger partial charge in [0.05, 0.1) is 0 Å². The summed E-state index contributed by atoms with van der Waals surface area (Å²) in [5.41, 5.74) is 0. The second-order valence-electron chi connectivity index (χ2n) is 6.23. The van der Waals surface area contributed by atoms with E-state index in [4.69, 9.17) is 0 Å². The molecule has 4 heteroatoms. The number of amides is 1. The van der Waals surface area contributed by atoms with Crippen LogP contribution >= 0.6 is 11.3 Å². The molecule has 1 aromatic heterocycles. The molecule has 2 saturated heterocycles. The lowest BCUT2D eigenvalue weighted by Gasteiger charge is -2.35. The highest BCUT2D eigenvalue weighted by molar-refractivity contribution is 7.09. The molecule has 0 N–H and O–H groups in total. The van der Waals surface area contributed by atoms with E-state index in [9.17, 15) is 4.79 Å². The third-order valence-electron chi connectivity index (χ3n) is 5.01. The summed E-state index contributed by atoms with van der Waals surface area (Å²) < 4.78 is 0. The number of carbonyl (C=O) groups excluding carboxylic acids is 1. The predicted molar refractivity (Wildman–Crippen MR) is 87.6 cm³/mol. The Hall–Kier alpha value is -0.870. The van der Waals surface area contributed by atoms with E-state index >= 15 is 0 Å². The van der Waals surface area contributed by atoms with E-state index in [1.165, 1.54) is 37.1 Å². The summed E-state index contributed by atoms with van der Waals surface area (Å²) in [5.74, 6) is 0.350. The first-order valence-electron chi connectivity index (χ1n) is 8.35. The number of rotatable bonds is 5. The zero-order valence-corrected chi connectivity index (χ0v) is 13.8. The van der Waals surface area contributed by atoms with Crippen molar-refractivity contribution in [2.24, 2.45) is 0 Å². The van der Waals surface area contributed by atoms with Gasteiger partial charge in [0.15, 0.2) is 0 Å². The largest absolute Gasteiger partial charge is 0.338 e. The molecule has 0 saturated carbocycles. The van der Waals surface area contributed by atoms with Gasteiger partial charge >= 0.3 is 0 Å². The van der Waals surface area contributed by atoms with Gasteiger partial charge in [-0.25, -0.2) is 0 Å². The number of hydrogen-bond donors (Lipinski definition) is 0. The van der Waals surface area contributed by atoms with Gasteiger partial charge in [-0.05, 0) is 50.1 Å². The summed E-state index contributed by atoms with van der Waals surface area (Å²) >= 11 is 1.86. The summed E-state index contributed by atoms with van der Waals surface area (Å²) in [5, 5.41) is 2.16. The molecule has 0 aromatic carbocycles.